The molecule has 0 aliphatic heterocycles. The molecule has 4 aromatic rings. The van der Waals surface area contributed by atoms with Crippen molar-refractivity contribution >= 4 is 23.8 Å². The van der Waals surface area contributed by atoms with Gasteiger partial charge in [0.05, 0.1) is 54.8 Å². The van der Waals surface area contributed by atoms with Gasteiger partial charge in [-0.2, -0.15) is 10.5 Å². The summed E-state index contributed by atoms with van der Waals surface area (Å²) in [7, 11) is 12.3. The first-order valence-corrected chi connectivity index (χ1v) is 32.3. The van der Waals surface area contributed by atoms with Gasteiger partial charge in [-0.25, -0.2) is 9.59 Å². The van der Waals surface area contributed by atoms with E-state index in [1.165, 1.54) is 54.8 Å². The van der Waals surface area contributed by atoms with Gasteiger partial charge in [0, 0.05) is 63.2 Å². The molecule has 0 spiro atoms. The molecule has 0 bridgehead atoms. The van der Waals surface area contributed by atoms with Crippen LogP contribution in [0.4, 0.5) is 0 Å². The number of carbonyl (C=O) groups is 4. The zero-order valence-electron chi connectivity index (χ0n) is 59.6. The van der Waals surface area contributed by atoms with Crippen LogP contribution in [0, 0.1) is 75.0 Å². The van der Waals surface area contributed by atoms with Crippen LogP contribution in [-0.2, 0) is 60.8 Å². The van der Waals surface area contributed by atoms with Gasteiger partial charge in [-0.15, -0.1) is 40.5 Å². The van der Waals surface area contributed by atoms with Crippen LogP contribution < -0.4 is 37.9 Å². The average Bonchev–Trinajstić information content (AvgIpc) is 0.815. The van der Waals surface area contributed by atoms with Crippen LogP contribution in [0.5, 0.6) is 46.0 Å². The summed E-state index contributed by atoms with van der Waals surface area (Å²) in [5.74, 6) is -6.47. The van der Waals surface area contributed by atoms with Gasteiger partial charge in [-0.3, -0.25) is 19.4 Å². The fourth-order valence-electron chi connectivity index (χ4n) is 10.9. The number of esters is 2. The maximum Gasteiger partial charge on any atom is 0.421 e. The molecule has 0 saturated heterocycles. The smallest absolute Gasteiger partial charge is 0.421 e. The Morgan fingerprint density at radius 3 is 1.00 bits per heavy atom. The normalized spacial score (nSPS) is 12.4. The molecule has 0 radical (unpaired) electrons. The van der Waals surface area contributed by atoms with E-state index < -0.39 is 121 Å². The van der Waals surface area contributed by atoms with E-state index in [1.807, 2.05) is 52.2 Å². The second-order valence-electron chi connectivity index (χ2n) is 22.7. The molecule has 0 saturated carbocycles. The van der Waals surface area contributed by atoms with E-state index in [0.717, 1.165) is 24.0 Å². The van der Waals surface area contributed by atoms with Crippen LogP contribution in [0.1, 0.15) is 99.6 Å². The molecule has 0 fully saturated rings. The van der Waals surface area contributed by atoms with Gasteiger partial charge in [0.1, 0.15) is 26.4 Å². The molecule has 0 heterocycles. The van der Waals surface area contributed by atoms with Crippen molar-refractivity contribution in [3.63, 3.8) is 0 Å². The van der Waals surface area contributed by atoms with Crippen LogP contribution in [0.3, 0.4) is 0 Å². The summed E-state index contributed by atoms with van der Waals surface area (Å²) in [5.41, 5.74) is 3.05. The fraction of sp³-hybridized carbons (Fsp3) is 0.545. The number of ether oxygens (including phenoxy) is 10. The topological polar surface area (TPSA) is 494 Å². The minimum atomic E-state index is -2.64. The first kappa shape index (κ1) is 88.9. The van der Waals surface area contributed by atoms with E-state index >= 15 is 0 Å². The summed E-state index contributed by atoms with van der Waals surface area (Å²) in [6.07, 6.45) is 0.395. The lowest BCUT2D eigenvalue weighted by Gasteiger charge is -2.31. The largest absolute Gasteiger partial charge is 0.493 e. The van der Waals surface area contributed by atoms with Gasteiger partial charge >= 0.3 is 36.3 Å². The van der Waals surface area contributed by atoms with Crippen molar-refractivity contribution in [2.45, 2.75) is 103 Å². The first-order valence-electron chi connectivity index (χ1n) is 32.3. The van der Waals surface area contributed by atoms with Crippen molar-refractivity contribution in [1.82, 2.24) is 19.6 Å². The Balaban J connectivity index is 0.0000184. The summed E-state index contributed by atoms with van der Waals surface area (Å²) in [6.45, 7) is -1.63. The predicted octanol–water partition coefficient (Wildman–Crippen LogP) is 5.65. The number of carbonyl (C=O) groups excluding carboxylic acids is 4. The van der Waals surface area contributed by atoms with E-state index in [9.17, 15) is 70.2 Å². The first-order chi connectivity index (χ1) is 48.9. The van der Waals surface area contributed by atoms with Crippen molar-refractivity contribution in [1.29, 1.82) is 10.5 Å². The molecule has 0 aliphatic rings. The number of rotatable bonds is 50. The third-order valence-corrected chi connectivity index (χ3v) is 16.1. The Morgan fingerprint density at radius 2 is 0.721 bits per heavy atom. The molecule has 0 aliphatic carbocycles. The molecule has 38 nitrogen and oxygen atoms in total. The third kappa shape index (κ3) is 29.0. The minimum Gasteiger partial charge on any atom is -0.493 e. The molecule has 4 aromatic carbocycles. The fourth-order valence-corrected chi connectivity index (χ4v) is 10.9. The zero-order valence-corrected chi connectivity index (χ0v) is 59.6. The van der Waals surface area contributed by atoms with Gasteiger partial charge in [0.15, 0.2) is 46.0 Å². The molecule has 2 amide bonds. The maximum absolute atomic E-state index is 14.7. The summed E-state index contributed by atoms with van der Waals surface area (Å²) in [4.78, 5) is 126. The lowest BCUT2D eigenvalue weighted by molar-refractivity contribution is -0.758. The lowest BCUT2D eigenvalue weighted by atomic mass is 9.92. The number of hydrogen-bond donors (Lipinski definition) is 0. The van der Waals surface area contributed by atoms with Crippen molar-refractivity contribution < 1.29 is 117 Å². The van der Waals surface area contributed by atoms with Crippen molar-refractivity contribution in [2.75, 3.05) is 122 Å². The molecular weight excluding hydrogens is 1380 g/mol. The Labute approximate surface area is 599 Å². The van der Waals surface area contributed by atoms with Crippen molar-refractivity contribution in [2.24, 2.45) is 11.8 Å². The minimum absolute atomic E-state index is 0. The average molecular weight is 1470 g/mol. The molecule has 6 atom stereocenters. The van der Waals surface area contributed by atoms with Gasteiger partial charge in [-0.05, 0) is 136 Å². The quantitative estimate of drug-likeness (QED) is 0.0169. The summed E-state index contributed by atoms with van der Waals surface area (Å²) >= 11 is 0. The van der Waals surface area contributed by atoms with Gasteiger partial charge in [-0.1, -0.05) is 51.0 Å². The van der Waals surface area contributed by atoms with Crippen LogP contribution in [-0.4, -0.2) is 210 Å². The number of nitriles is 2. The molecule has 4 N–H and O–H groups in total. The van der Waals surface area contributed by atoms with E-state index in [4.69, 9.17) is 47.4 Å². The highest BCUT2D eigenvalue weighted by Crippen LogP contribution is 2.39. The summed E-state index contributed by atoms with van der Waals surface area (Å²) in [5, 5.41) is 60.4. The predicted molar refractivity (Wildman–Crippen MR) is 363 cm³/mol. The van der Waals surface area contributed by atoms with E-state index in [2.05, 4.69) is 41.3 Å². The second-order valence-corrected chi connectivity index (χ2v) is 22.7. The second kappa shape index (κ2) is 47.1. The van der Waals surface area contributed by atoms with Crippen LogP contribution in [0.2, 0.25) is 0 Å². The monoisotopic (exact) mass is 1470 g/mol. The molecule has 38 heteroatoms. The van der Waals surface area contributed by atoms with Crippen LogP contribution >= 0.6 is 0 Å². The zero-order chi connectivity index (χ0) is 75.3. The Hall–Kier alpha value is -11.2. The van der Waals surface area contributed by atoms with Gasteiger partial charge in [0.2, 0.25) is 0 Å². The molecular formula is C66H92N10O28. The van der Waals surface area contributed by atoms with Crippen LogP contribution in [0.15, 0.2) is 72.8 Å². The number of nitrogens with zero attached hydrogens (tertiary/aromatic N) is 10. The molecule has 0 aromatic heterocycles. The van der Waals surface area contributed by atoms with Gasteiger partial charge in [0.25, 0.3) is 20.3 Å². The number of hydrogen-bond acceptors (Lipinski definition) is 30. The summed E-state index contributed by atoms with van der Waals surface area (Å²) < 4.78 is 56.4. The number of amides is 2. The molecule has 6 unspecified atom stereocenters. The highest BCUT2D eigenvalue weighted by atomic mass is 17.0. The van der Waals surface area contributed by atoms with Crippen LogP contribution in [0.25, 0.3) is 0 Å². The number of benzene rings is 4. The Morgan fingerprint density at radius 1 is 0.423 bits per heavy atom. The Kier molecular flexibility index (Phi) is 40.2. The lowest BCUT2D eigenvalue weighted by Crippen LogP contribution is -2.49. The molecule has 574 valence electrons. The van der Waals surface area contributed by atoms with Crippen molar-refractivity contribution in [3.05, 3.63) is 136 Å². The summed E-state index contributed by atoms with van der Waals surface area (Å²) in [6, 6.07) is 23.9. The molecule has 4 rings (SSSR count). The van der Waals surface area contributed by atoms with E-state index in [-0.39, 0.29) is 45.8 Å². The third-order valence-electron chi connectivity index (χ3n) is 16.1. The molecule has 104 heavy (non-hydrogen) atoms. The number of methoxy groups -OCH3 is 6. The highest BCUT2D eigenvalue weighted by Gasteiger charge is 2.39. The standard InChI is InChI=1S/C66H88N10O26.2H2O/c1-11-13-47(43-67)15-21-51(69(3)29-27-45-17-23-53(89-5)57(39-45)91-7)49-19-25-55(59(41-49)93-9)99-65(61(77)71(31-35-95-73(81)82)32-36-96-74(83)84)101-63(79)64(80)102-66(62(78)72(33-37-97-75(85)86)34-38-98-76(87)88)100-56-26-20-50(42-60(56)94-10)52(22-16-48(44-68)14-12-2)70(4)30-28-46-18-24-54(90-6)58(40-46)92-8;;/h17-20,23-26,39-42,47-48,51-52,65-66H,11-16,21-22,27-38H2,1-10H3;2*1H2. The Bertz CT molecular complexity index is 3220. The maximum atomic E-state index is 14.7. The highest BCUT2D eigenvalue weighted by molar-refractivity contribution is 6.30. The van der Waals surface area contributed by atoms with E-state index in [1.54, 1.807) is 36.4 Å². The van der Waals surface area contributed by atoms with Crippen molar-refractivity contribution in [3.8, 4) is 58.1 Å². The SMILES string of the molecule is CCCC(C#N)CCC(c1ccc(OC(OC(=O)C(=O)OC(Oc2ccc(C(CCC(C#N)CCC)N(C)CCc3ccc(OC)c(OC)c3)cc2OC)C(=O)N(CCO[N+](=O)[O-])CCO[N+](=O)[O-])C(=O)N(CCO[N+](=O)[O-])CCO[N+](=O)[O-])c(OC)c1)N(C)CCc1ccc(OC)c(OC)c1.O.O. The van der Waals surface area contributed by atoms with Gasteiger partial charge < -0.3 is 87.5 Å². The number of likely N-dealkylation sites (N-methyl/N-ethyl adjacent to an activating group) is 2. The van der Waals surface area contributed by atoms with E-state index in [0.29, 0.717) is 108 Å².